The van der Waals surface area contributed by atoms with Gasteiger partial charge in [-0.25, -0.2) is 0 Å². The number of carbonyl (C=O) groups is 3. The lowest BCUT2D eigenvalue weighted by molar-refractivity contribution is 0.0642. The Labute approximate surface area is 217 Å². The lowest BCUT2D eigenvalue weighted by Crippen LogP contribution is -2.38. The number of piperidine rings is 1. The average Bonchev–Trinajstić information content (AvgIpc) is 3.18. The van der Waals surface area contributed by atoms with Crippen molar-refractivity contribution in [1.82, 2.24) is 15.1 Å². The molecular formula is C30H31N3O4. The van der Waals surface area contributed by atoms with Crippen molar-refractivity contribution in [2.75, 3.05) is 26.7 Å². The molecule has 0 aromatic heterocycles. The number of methoxy groups -OCH3 is 1. The first-order valence-electron chi connectivity index (χ1n) is 12.7. The number of ether oxygens (including phenoxy) is 1. The zero-order valence-electron chi connectivity index (χ0n) is 21.0. The van der Waals surface area contributed by atoms with E-state index in [2.05, 4.69) is 22.3 Å². The molecule has 2 heterocycles. The van der Waals surface area contributed by atoms with Crippen molar-refractivity contribution < 1.29 is 19.1 Å². The van der Waals surface area contributed by atoms with Crippen LogP contribution in [0.15, 0.2) is 72.8 Å². The fourth-order valence-electron chi connectivity index (χ4n) is 5.05. The number of nitrogens with one attached hydrogen (secondary N) is 1. The maximum absolute atomic E-state index is 12.9. The van der Waals surface area contributed by atoms with E-state index in [4.69, 9.17) is 4.74 Å². The zero-order valence-corrected chi connectivity index (χ0v) is 21.0. The van der Waals surface area contributed by atoms with Crippen LogP contribution in [0, 0.1) is 5.92 Å². The van der Waals surface area contributed by atoms with E-state index >= 15 is 0 Å². The molecule has 1 N–H and O–H groups in total. The van der Waals surface area contributed by atoms with E-state index in [-0.39, 0.29) is 24.3 Å². The van der Waals surface area contributed by atoms with Gasteiger partial charge in [-0.1, -0.05) is 36.4 Å². The Hall–Kier alpha value is -3.97. The van der Waals surface area contributed by atoms with Gasteiger partial charge in [0, 0.05) is 18.7 Å². The van der Waals surface area contributed by atoms with Gasteiger partial charge in [0.25, 0.3) is 17.7 Å². The Balaban J connectivity index is 1.10. The van der Waals surface area contributed by atoms with Crippen LogP contribution in [0.2, 0.25) is 0 Å². The van der Waals surface area contributed by atoms with Gasteiger partial charge in [-0.05, 0) is 79.4 Å². The Kier molecular flexibility index (Phi) is 7.32. The van der Waals surface area contributed by atoms with E-state index in [0.29, 0.717) is 29.2 Å². The standard InChI is InChI=1S/C30H31N3O4/c1-37-25-11-9-22(10-12-25)19-32-15-13-21(14-16-32)18-31-28(34)24-6-4-5-23(17-24)20-33-29(35)26-7-2-3-8-27(26)30(33)36/h2-12,17,21H,13-16,18-20H2,1H3,(H,31,34). The van der Waals surface area contributed by atoms with E-state index < -0.39 is 0 Å². The largest absolute Gasteiger partial charge is 0.497 e. The van der Waals surface area contributed by atoms with Gasteiger partial charge in [0.2, 0.25) is 0 Å². The van der Waals surface area contributed by atoms with Gasteiger partial charge in [-0.15, -0.1) is 0 Å². The number of amides is 3. The molecular weight excluding hydrogens is 466 g/mol. The van der Waals surface area contributed by atoms with Crippen LogP contribution in [-0.2, 0) is 13.1 Å². The SMILES string of the molecule is COc1ccc(CN2CCC(CNC(=O)c3cccc(CN4C(=O)c5ccccc5C4=O)c3)CC2)cc1. The smallest absolute Gasteiger partial charge is 0.261 e. The van der Waals surface area contributed by atoms with E-state index in [1.165, 1.54) is 10.5 Å². The number of nitrogens with zero attached hydrogens (tertiary/aromatic N) is 2. The lowest BCUT2D eigenvalue weighted by Gasteiger charge is -2.32. The third-order valence-electron chi connectivity index (χ3n) is 7.23. The number of carbonyl (C=O) groups excluding carboxylic acids is 3. The van der Waals surface area contributed by atoms with Gasteiger partial charge in [-0.3, -0.25) is 24.2 Å². The number of fused-ring (bicyclic) bond motifs is 1. The molecule has 0 saturated carbocycles. The fourth-order valence-corrected chi connectivity index (χ4v) is 5.05. The van der Waals surface area contributed by atoms with Crippen molar-refractivity contribution in [3.63, 3.8) is 0 Å². The van der Waals surface area contributed by atoms with Crippen LogP contribution in [0.5, 0.6) is 5.75 Å². The van der Waals surface area contributed by atoms with Crippen LogP contribution in [0.4, 0.5) is 0 Å². The molecule has 2 aliphatic rings. The second-order valence-electron chi connectivity index (χ2n) is 9.72. The van der Waals surface area contributed by atoms with Gasteiger partial charge < -0.3 is 10.1 Å². The Bertz CT molecular complexity index is 1260. The number of hydrogen-bond acceptors (Lipinski definition) is 5. The minimum absolute atomic E-state index is 0.134. The van der Waals surface area contributed by atoms with Crippen molar-refractivity contribution >= 4 is 17.7 Å². The molecule has 0 unspecified atom stereocenters. The zero-order chi connectivity index (χ0) is 25.8. The molecule has 5 rings (SSSR count). The number of rotatable bonds is 8. The minimum Gasteiger partial charge on any atom is -0.497 e. The molecule has 37 heavy (non-hydrogen) atoms. The highest BCUT2D eigenvalue weighted by atomic mass is 16.5. The summed E-state index contributed by atoms with van der Waals surface area (Å²) < 4.78 is 5.23. The van der Waals surface area contributed by atoms with E-state index in [9.17, 15) is 14.4 Å². The second kappa shape index (κ2) is 11.0. The lowest BCUT2D eigenvalue weighted by atomic mass is 9.96. The summed E-state index contributed by atoms with van der Waals surface area (Å²) in [5.74, 6) is 0.581. The third-order valence-corrected chi connectivity index (χ3v) is 7.23. The maximum atomic E-state index is 12.9. The first-order valence-corrected chi connectivity index (χ1v) is 12.7. The van der Waals surface area contributed by atoms with Gasteiger partial charge in [-0.2, -0.15) is 0 Å². The minimum atomic E-state index is -0.297. The van der Waals surface area contributed by atoms with Crippen molar-refractivity contribution in [2.24, 2.45) is 5.92 Å². The van der Waals surface area contributed by atoms with Gasteiger partial charge in [0.05, 0.1) is 24.8 Å². The number of hydrogen-bond donors (Lipinski definition) is 1. The highest BCUT2D eigenvalue weighted by Crippen LogP contribution is 2.25. The van der Waals surface area contributed by atoms with E-state index in [1.54, 1.807) is 49.6 Å². The summed E-state index contributed by atoms with van der Waals surface area (Å²) >= 11 is 0. The van der Waals surface area contributed by atoms with Crippen molar-refractivity contribution in [3.05, 3.63) is 101 Å². The number of likely N-dealkylation sites (tertiary alicyclic amines) is 1. The van der Waals surface area contributed by atoms with Crippen molar-refractivity contribution in [3.8, 4) is 5.75 Å². The normalized spacial score (nSPS) is 16.1. The van der Waals surface area contributed by atoms with Crippen LogP contribution < -0.4 is 10.1 Å². The molecule has 3 aromatic rings. The van der Waals surface area contributed by atoms with Gasteiger partial charge >= 0.3 is 0 Å². The molecule has 0 bridgehead atoms. The highest BCUT2D eigenvalue weighted by Gasteiger charge is 2.35. The van der Waals surface area contributed by atoms with Crippen LogP contribution in [0.1, 0.15) is 55.0 Å². The molecule has 3 amide bonds. The average molecular weight is 498 g/mol. The molecule has 7 nitrogen and oxygen atoms in total. The van der Waals surface area contributed by atoms with E-state index in [1.807, 2.05) is 18.2 Å². The number of imide groups is 1. The summed E-state index contributed by atoms with van der Waals surface area (Å²) in [6, 6.07) is 22.2. The predicted octanol–water partition coefficient (Wildman–Crippen LogP) is 4.13. The molecule has 1 saturated heterocycles. The highest BCUT2D eigenvalue weighted by molar-refractivity contribution is 6.21. The first-order chi connectivity index (χ1) is 18.0. The van der Waals surface area contributed by atoms with E-state index in [0.717, 1.165) is 43.8 Å². The first kappa shape index (κ1) is 24.7. The molecule has 1 fully saturated rings. The quantitative estimate of drug-likeness (QED) is 0.474. The summed E-state index contributed by atoms with van der Waals surface area (Å²) in [6.07, 6.45) is 2.08. The maximum Gasteiger partial charge on any atom is 0.261 e. The molecule has 0 radical (unpaired) electrons. The Morgan fingerprint density at radius 3 is 2.19 bits per heavy atom. The Morgan fingerprint density at radius 1 is 0.865 bits per heavy atom. The molecule has 2 aliphatic heterocycles. The predicted molar refractivity (Wildman–Crippen MR) is 140 cm³/mol. The van der Waals surface area contributed by atoms with Gasteiger partial charge in [0.15, 0.2) is 0 Å². The summed E-state index contributed by atoms with van der Waals surface area (Å²) in [5, 5.41) is 3.08. The summed E-state index contributed by atoms with van der Waals surface area (Å²) in [4.78, 5) is 41.9. The topological polar surface area (TPSA) is 79.0 Å². The summed E-state index contributed by atoms with van der Waals surface area (Å²) in [5.41, 5.74) is 3.40. The summed E-state index contributed by atoms with van der Waals surface area (Å²) in [6.45, 7) is 3.70. The Morgan fingerprint density at radius 2 is 1.54 bits per heavy atom. The van der Waals surface area contributed by atoms with Crippen LogP contribution in [-0.4, -0.2) is 54.3 Å². The number of benzene rings is 3. The van der Waals surface area contributed by atoms with Crippen molar-refractivity contribution in [1.29, 1.82) is 0 Å². The summed E-state index contributed by atoms with van der Waals surface area (Å²) in [7, 11) is 1.67. The third kappa shape index (κ3) is 5.57. The monoisotopic (exact) mass is 497 g/mol. The molecule has 0 atom stereocenters. The molecule has 7 heteroatoms. The van der Waals surface area contributed by atoms with Crippen LogP contribution in [0.25, 0.3) is 0 Å². The molecule has 3 aromatic carbocycles. The van der Waals surface area contributed by atoms with Crippen molar-refractivity contribution in [2.45, 2.75) is 25.9 Å². The second-order valence-corrected chi connectivity index (χ2v) is 9.72. The van der Waals surface area contributed by atoms with Gasteiger partial charge in [0.1, 0.15) is 5.75 Å². The molecule has 0 aliphatic carbocycles. The molecule has 190 valence electrons. The fraction of sp³-hybridized carbons (Fsp3) is 0.300. The van der Waals surface area contributed by atoms with Crippen LogP contribution in [0.3, 0.4) is 0 Å². The van der Waals surface area contributed by atoms with Crippen LogP contribution >= 0.6 is 0 Å². The molecule has 0 spiro atoms.